The monoisotopic (exact) mass is 565 g/mol. The lowest BCUT2D eigenvalue weighted by Gasteiger charge is -2.19. The van der Waals surface area contributed by atoms with Gasteiger partial charge in [-0.2, -0.15) is 0 Å². The predicted molar refractivity (Wildman–Crippen MR) is 153 cm³/mol. The fourth-order valence-electron chi connectivity index (χ4n) is 4.46. The number of ether oxygens (including phenoxy) is 4. The van der Waals surface area contributed by atoms with Crippen LogP contribution in [0.15, 0.2) is 42.0 Å². The van der Waals surface area contributed by atoms with Crippen LogP contribution in [0.2, 0.25) is 0 Å². The van der Waals surface area contributed by atoms with Gasteiger partial charge in [0, 0.05) is 30.5 Å². The number of hydrogen-bond donors (Lipinski definition) is 1. The number of methoxy groups -OCH3 is 1. The van der Waals surface area contributed by atoms with Gasteiger partial charge in [0.1, 0.15) is 23.5 Å². The number of rotatable bonds is 12. The zero-order valence-corrected chi connectivity index (χ0v) is 24.7. The van der Waals surface area contributed by atoms with Crippen LogP contribution in [-0.4, -0.2) is 36.5 Å². The van der Waals surface area contributed by atoms with E-state index in [0.717, 1.165) is 16.7 Å². The fraction of sp³-hybridized carbons (Fsp3) is 0.438. The summed E-state index contributed by atoms with van der Waals surface area (Å²) in [7, 11) is 1.51. The average Bonchev–Trinajstić information content (AvgIpc) is 3.31. The van der Waals surface area contributed by atoms with Crippen LogP contribution in [0.3, 0.4) is 0 Å². The van der Waals surface area contributed by atoms with E-state index < -0.39 is 17.5 Å². The Bertz CT molecular complexity index is 1320. The number of carbonyl (C=O) groups is 4. The quantitative estimate of drug-likeness (QED) is 0.210. The first-order valence-corrected chi connectivity index (χ1v) is 13.7. The largest absolute Gasteiger partial charge is 0.496 e. The Balaban J connectivity index is 1.75. The molecule has 0 saturated carbocycles. The molecule has 2 aromatic rings. The summed E-state index contributed by atoms with van der Waals surface area (Å²) in [5.74, 6) is -1.25. The zero-order chi connectivity index (χ0) is 30.2. The second-order valence-corrected chi connectivity index (χ2v) is 11.0. The van der Waals surface area contributed by atoms with Crippen molar-refractivity contribution in [2.75, 3.05) is 7.11 Å². The van der Waals surface area contributed by atoms with E-state index in [1.807, 2.05) is 71.0 Å². The molecule has 1 amide bonds. The molecule has 1 heterocycles. The van der Waals surface area contributed by atoms with E-state index in [0.29, 0.717) is 29.8 Å². The van der Waals surface area contributed by atoms with Crippen molar-refractivity contribution in [2.24, 2.45) is 0 Å². The normalized spacial score (nSPS) is 12.8. The maximum Gasteiger partial charge on any atom is 0.342 e. The van der Waals surface area contributed by atoms with E-state index in [2.05, 4.69) is 5.32 Å². The van der Waals surface area contributed by atoms with E-state index in [1.54, 1.807) is 0 Å². The van der Waals surface area contributed by atoms with Crippen LogP contribution < -0.4 is 14.8 Å². The van der Waals surface area contributed by atoms with E-state index in [4.69, 9.17) is 18.9 Å². The van der Waals surface area contributed by atoms with Crippen molar-refractivity contribution in [1.82, 2.24) is 5.32 Å². The molecule has 1 N–H and O–H groups in total. The minimum atomic E-state index is -0.653. The summed E-state index contributed by atoms with van der Waals surface area (Å²) in [5.41, 5.74) is 3.35. The summed E-state index contributed by atoms with van der Waals surface area (Å²) < 4.78 is 22.1. The number of benzene rings is 2. The molecule has 9 nitrogen and oxygen atoms in total. The van der Waals surface area contributed by atoms with Gasteiger partial charge in [-0.15, -0.1) is 0 Å². The highest BCUT2D eigenvalue weighted by Gasteiger charge is 2.34. The van der Waals surface area contributed by atoms with Gasteiger partial charge in [-0.25, -0.2) is 4.79 Å². The van der Waals surface area contributed by atoms with Gasteiger partial charge >= 0.3 is 17.9 Å². The van der Waals surface area contributed by atoms with Crippen molar-refractivity contribution in [2.45, 2.75) is 85.5 Å². The average molecular weight is 566 g/mol. The first kappa shape index (κ1) is 31.4. The number of allylic oxidation sites excluding steroid dienone is 2. The highest BCUT2D eigenvalue weighted by atomic mass is 16.6. The van der Waals surface area contributed by atoms with Crippen LogP contribution in [0.25, 0.3) is 0 Å². The lowest BCUT2D eigenvalue weighted by molar-refractivity contribution is -0.154. The van der Waals surface area contributed by atoms with Gasteiger partial charge in [0.15, 0.2) is 5.75 Å². The first-order valence-electron chi connectivity index (χ1n) is 13.7. The molecule has 220 valence electrons. The molecular weight excluding hydrogens is 526 g/mol. The third kappa shape index (κ3) is 8.93. The number of esters is 3. The number of fused-ring (bicyclic) bond motifs is 1. The molecule has 0 saturated heterocycles. The molecule has 0 spiro atoms. The Labute approximate surface area is 241 Å². The molecule has 9 heteroatoms. The predicted octanol–water partition coefficient (Wildman–Crippen LogP) is 5.29. The molecule has 0 fully saturated rings. The van der Waals surface area contributed by atoms with Gasteiger partial charge in [-0.1, -0.05) is 42.0 Å². The minimum absolute atomic E-state index is 0.0494. The molecule has 0 aliphatic carbocycles. The summed E-state index contributed by atoms with van der Waals surface area (Å²) in [6, 6.07) is 9.45. The van der Waals surface area contributed by atoms with Crippen molar-refractivity contribution in [3.63, 3.8) is 0 Å². The molecule has 0 radical (unpaired) electrons. The van der Waals surface area contributed by atoms with Crippen LogP contribution >= 0.6 is 0 Å². The van der Waals surface area contributed by atoms with Gasteiger partial charge in [-0.05, 0) is 58.6 Å². The maximum absolute atomic E-state index is 12.9. The summed E-state index contributed by atoms with van der Waals surface area (Å²) in [6.45, 7) is 9.58. The van der Waals surface area contributed by atoms with Crippen molar-refractivity contribution in [3.05, 3.63) is 69.8 Å². The number of nitrogens with one attached hydrogen (secondary N) is 1. The van der Waals surface area contributed by atoms with Crippen molar-refractivity contribution >= 4 is 23.8 Å². The Kier molecular flexibility index (Phi) is 10.7. The van der Waals surface area contributed by atoms with E-state index in [-0.39, 0.29) is 55.5 Å². The van der Waals surface area contributed by atoms with E-state index >= 15 is 0 Å². The Morgan fingerprint density at radius 3 is 2.34 bits per heavy atom. The van der Waals surface area contributed by atoms with E-state index in [1.165, 1.54) is 7.11 Å². The Morgan fingerprint density at radius 1 is 1.00 bits per heavy atom. The highest BCUT2D eigenvalue weighted by Crippen LogP contribution is 2.43. The van der Waals surface area contributed by atoms with Crippen molar-refractivity contribution < 1.29 is 38.1 Å². The zero-order valence-electron chi connectivity index (χ0n) is 24.7. The minimum Gasteiger partial charge on any atom is -0.496 e. The lowest BCUT2D eigenvalue weighted by atomic mass is 9.94. The smallest absolute Gasteiger partial charge is 0.342 e. The molecule has 0 aromatic heterocycles. The van der Waals surface area contributed by atoms with Gasteiger partial charge in [0.25, 0.3) is 0 Å². The van der Waals surface area contributed by atoms with Crippen LogP contribution in [0.1, 0.15) is 86.0 Å². The molecule has 0 unspecified atom stereocenters. The number of carbonyl (C=O) groups excluding carboxylic acids is 4. The standard InChI is InChI=1S/C32H39NO8/c1-20(13-16-27(36)41-32(3,4)5)12-14-23-29(38-6)21(2)24-19-39-31(37)28(24)30(23)40-26(35)17-15-25(34)33-18-22-10-8-7-9-11-22/h7-12H,13-19H2,1-6H3,(H,33,34)/b20-12+. The first-order chi connectivity index (χ1) is 19.4. The van der Waals surface area contributed by atoms with Crippen molar-refractivity contribution in [3.8, 4) is 11.5 Å². The lowest BCUT2D eigenvalue weighted by Crippen LogP contribution is -2.24. The van der Waals surface area contributed by atoms with Crippen LogP contribution in [-0.2, 0) is 43.4 Å². The second kappa shape index (κ2) is 14.0. The highest BCUT2D eigenvalue weighted by molar-refractivity contribution is 5.99. The van der Waals surface area contributed by atoms with Gasteiger partial charge in [0.2, 0.25) is 5.91 Å². The Morgan fingerprint density at radius 2 is 1.68 bits per heavy atom. The van der Waals surface area contributed by atoms with Crippen LogP contribution in [0.4, 0.5) is 0 Å². The molecule has 3 rings (SSSR count). The molecule has 0 bridgehead atoms. The number of cyclic esters (lactones) is 1. The SMILES string of the molecule is COc1c(C)c2c(c(OC(=O)CCC(=O)NCc3ccccc3)c1C/C=C(\C)CCC(=O)OC(C)(C)C)C(=O)OC2. The molecular formula is C32H39NO8. The molecule has 41 heavy (non-hydrogen) atoms. The third-order valence-electron chi connectivity index (χ3n) is 6.53. The van der Waals surface area contributed by atoms with Gasteiger partial charge in [0.05, 0.1) is 13.5 Å². The second-order valence-electron chi connectivity index (χ2n) is 11.0. The molecule has 1 aliphatic rings. The molecule has 2 aromatic carbocycles. The van der Waals surface area contributed by atoms with Crippen LogP contribution in [0.5, 0.6) is 11.5 Å². The maximum atomic E-state index is 12.9. The van der Waals surface area contributed by atoms with Gasteiger partial charge < -0.3 is 24.3 Å². The summed E-state index contributed by atoms with van der Waals surface area (Å²) in [4.78, 5) is 50.1. The molecule has 0 atom stereocenters. The summed E-state index contributed by atoms with van der Waals surface area (Å²) in [6.07, 6.45) is 2.65. The van der Waals surface area contributed by atoms with Crippen molar-refractivity contribution in [1.29, 1.82) is 0 Å². The van der Waals surface area contributed by atoms with E-state index in [9.17, 15) is 19.2 Å². The summed E-state index contributed by atoms with van der Waals surface area (Å²) in [5, 5.41) is 2.79. The fourth-order valence-corrected chi connectivity index (χ4v) is 4.46. The molecule has 1 aliphatic heterocycles. The van der Waals surface area contributed by atoms with Gasteiger partial charge in [-0.3, -0.25) is 14.4 Å². The number of amides is 1. The number of hydrogen-bond acceptors (Lipinski definition) is 8. The van der Waals surface area contributed by atoms with Crippen LogP contribution in [0, 0.1) is 6.92 Å². The topological polar surface area (TPSA) is 117 Å². The Hall–Kier alpha value is -4.14. The third-order valence-corrected chi connectivity index (χ3v) is 6.53. The summed E-state index contributed by atoms with van der Waals surface area (Å²) >= 11 is 0.